The molecular weight excluding hydrogens is 408 g/mol. The van der Waals surface area contributed by atoms with E-state index in [2.05, 4.69) is 36.8 Å². The number of fused-ring (bicyclic) bond motifs is 1. The third-order valence-electron chi connectivity index (χ3n) is 5.56. The van der Waals surface area contributed by atoms with Crippen LogP contribution in [0.2, 0.25) is 0 Å². The van der Waals surface area contributed by atoms with Crippen LogP contribution in [0.3, 0.4) is 0 Å². The van der Waals surface area contributed by atoms with Gasteiger partial charge in [-0.1, -0.05) is 36.0 Å². The van der Waals surface area contributed by atoms with Crippen molar-refractivity contribution in [3.8, 4) is 5.69 Å². The highest BCUT2D eigenvalue weighted by Gasteiger charge is 2.19. The number of benzene rings is 1. The van der Waals surface area contributed by atoms with Gasteiger partial charge in [0.15, 0.2) is 11.0 Å². The van der Waals surface area contributed by atoms with Crippen molar-refractivity contribution in [1.82, 2.24) is 29.0 Å². The monoisotopic (exact) mass is 432 g/mol. The van der Waals surface area contributed by atoms with E-state index in [4.69, 9.17) is 0 Å². The van der Waals surface area contributed by atoms with Gasteiger partial charge in [-0.3, -0.25) is 18.7 Å². The summed E-state index contributed by atoms with van der Waals surface area (Å²) >= 11 is 1.56. The van der Waals surface area contributed by atoms with Crippen LogP contribution in [0.5, 0.6) is 0 Å². The van der Waals surface area contributed by atoms with Crippen LogP contribution < -0.4 is 5.56 Å². The van der Waals surface area contributed by atoms with Crippen LogP contribution in [0.25, 0.3) is 11.3 Å². The third kappa shape index (κ3) is 4.13. The fraction of sp³-hybridized carbons (Fsp3) is 0.304. The summed E-state index contributed by atoms with van der Waals surface area (Å²) in [5, 5.41) is 9.81. The molecule has 0 saturated carbocycles. The zero-order chi connectivity index (χ0) is 21.2. The Morgan fingerprint density at radius 2 is 1.81 bits per heavy atom. The van der Waals surface area contributed by atoms with E-state index in [0.717, 1.165) is 47.7 Å². The molecule has 4 heterocycles. The quantitative estimate of drug-likeness (QED) is 0.435. The molecule has 1 aliphatic heterocycles. The van der Waals surface area contributed by atoms with Crippen LogP contribution in [0.4, 0.5) is 0 Å². The second-order valence-corrected chi connectivity index (χ2v) is 8.73. The zero-order valence-electron chi connectivity index (χ0n) is 17.4. The number of hydrogen-bond donors (Lipinski definition) is 0. The van der Waals surface area contributed by atoms with Crippen LogP contribution in [-0.2, 0) is 12.3 Å². The molecule has 1 aliphatic rings. The molecule has 158 valence electrons. The average molecular weight is 433 g/mol. The molecule has 5 rings (SSSR count). The highest BCUT2D eigenvalue weighted by Crippen LogP contribution is 2.26. The van der Waals surface area contributed by atoms with Crippen molar-refractivity contribution in [3.05, 3.63) is 82.2 Å². The molecule has 8 heteroatoms. The molecule has 0 unspecified atom stereocenters. The van der Waals surface area contributed by atoms with Crippen molar-refractivity contribution < 1.29 is 0 Å². The lowest BCUT2D eigenvalue weighted by molar-refractivity contribution is 0.319. The Kier molecular flexibility index (Phi) is 5.57. The minimum absolute atomic E-state index is 0.0575. The van der Waals surface area contributed by atoms with Crippen molar-refractivity contribution in [2.24, 2.45) is 0 Å². The van der Waals surface area contributed by atoms with E-state index in [0.29, 0.717) is 11.4 Å². The molecule has 31 heavy (non-hydrogen) atoms. The Morgan fingerprint density at radius 3 is 2.61 bits per heavy atom. The number of nitrogens with zero attached hydrogens (tertiary/aromatic N) is 6. The Hall–Kier alpha value is -2.97. The molecule has 1 fully saturated rings. The van der Waals surface area contributed by atoms with Gasteiger partial charge < -0.3 is 0 Å². The van der Waals surface area contributed by atoms with E-state index in [-0.39, 0.29) is 5.56 Å². The van der Waals surface area contributed by atoms with Gasteiger partial charge in [-0.05, 0) is 57.1 Å². The van der Waals surface area contributed by atoms with Crippen molar-refractivity contribution in [2.45, 2.75) is 37.2 Å². The summed E-state index contributed by atoms with van der Waals surface area (Å²) in [5.41, 5.74) is 3.28. The van der Waals surface area contributed by atoms with E-state index in [1.807, 2.05) is 43.3 Å². The van der Waals surface area contributed by atoms with Crippen molar-refractivity contribution in [1.29, 1.82) is 0 Å². The highest BCUT2D eigenvalue weighted by atomic mass is 32.2. The molecule has 0 radical (unpaired) electrons. The summed E-state index contributed by atoms with van der Waals surface area (Å²) in [4.78, 5) is 19.7. The molecule has 0 spiro atoms. The van der Waals surface area contributed by atoms with E-state index >= 15 is 0 Å². The highest BCUT2D eigenvalue weighted by molar-refractivity contribution is 7.98. The smallest absolute Gasteiger partial charge is 0.258 e. The molecule has 0 amide bonds. The Labute approximate surface area is 184 Å². The summed E-state index contributed by atoms with van der Waals surface area (Å²) in [6, 6.07) is 17.5. The van der Waals surface area contributed by atoms with Crippen molar-refractivity contribution >= 4 is 17.4 Å². The summed E-state index contributed by atoms with van der Waals surface area (Å²) < 4.78 is 3.76. The van der Waals surface area contributed by atoms with Gasteiger partial charge in [-0.15, -0.1) is 10.2 Å². The fourth-order valence-electron chi connectivity index (χ4n) is 4.05. The second-order valence-electron chi connectivity index (χ2n) is 7.79. The molecule has 1 saturated heterocycles. The molecule has 0 bridgehead atoms. The predicted octanol–water partition coefficient (Wildman–Crippen LogP) is 3.47. The molecule has 0 aliphatic carbocycles. The fourth-order valence-corrected chi connectivity index (χ4v) is 4.91. The molecule has 4 aromatic rings. The maximum Gasteiger partial charge on any atom is 0.258 e. The largest absolute Gasteiger partial charge is 0.296 e. The number of thioether (sulfide) groups is 1. The number of aromatic nitrogens is 5. The molecule has 0 atom stereocenters. The second kappa shape index (κ2) is 8.64. The summed E-state index contributed by atoms with van der Waals surface area (Å²) in [6.07, 6.45) is 2.48. The first-order valence-corrected chi connectivity index (χ1v) is 11.5. The number of rotatable bonds is 6. The van der Waals surface area contributed by atoms with E-state index < -0.39 is 0 Å². The number of aryl methyl sites for hydroxylation is 1. The van der Waals surface area contributed by atoms with Gasteiger partial charge in [-0.25, -0.2) is 4.98 Å². The molecule has 1 aromatic carbocycles. The van der Waals surface area contributed by atoms with Gasteiger partial charge in [0, 0.05) is 23.2 Å². The summed E-state index contributed by atoms with van der Waals surface area (Å²) in [6.45, 7) is 4.91. The van der Waals surface area contributed by atoms with Gasteiger partial charge >= 0.3 is 0 Å². The summed E-state index contributed by atoms with van der Waals surface area (Å²) in [5.74, 6) is 1.49. The molecule has 3 aromatic heterocycles. The van der Waals surface area contributed by atoms with Gasteiger partial charge in [-0.2, -0.15) is 0 Å². The number of likely N-dealkylation sites (tertiary alicyclic amines) is 1. The van der Waals surface area contributed by atoms with E-state index in [1.165, 1.54) is 12.8 Å². The van der Waals surface area contributed by atoms with Crippen LogP contribution in [0, 0.1) is 6.92 Å². The first-order chi connectivity index (χ1) is 15.2. The molecule has 0 N–H and O–H groups in total. The first kappa shape index (κ1) is 20.0. The van der Waals surface area contributed by atoms with Gasteiger partial charge in [0.05, 0.1) is 12.2 Å². The minimum atomic E-state index is -0.0575. The SMILES string of the molecule is Cc1cccc2nc(CSc3nnc(CN4CCCC4)n3-c3ccccc3)cc(=O)n12. The topological polar surface area (TPSA) is 68.3 Å². The number of hydrogen-bond acceptors (Lipinski definition) is 6. The van der Waals surface area contributed by atoms with Crippen LogP contribution >= 0.6 is 11.8 Å². The van der Waals surface area contributed by atoms with Crippen LogP contribution in [0.15, 0.2) is 64.5 Å². The van der Waals surface area contributed by atoms with Crippen molar-refractivity contribution in [3.63, 3.8) is 0 Å². The third-order valence-corrected chi connectivity index (χ3v) is 6.52. The lowest BCUT2D eigenvalue weighted by atomic mass is 10.3. The molecular formula is C23H24N6OS. The average Bonchev–Trinajstić information content (AvgIpc) is 3.43. The standard InChI is InChI=1S/C23H24N6OS/c1-17-8-7-11-20-24-18(14-22(30)28(17)20)16-31-23-26-25-21(15-27-12-5-6-13-27)29(23)19-9-3-2-4-10-19/h2-4,7-11,14H,5-6,12-13,15-16H2,1H3. The van der Waals surface area contributed by atoms with E-state index in [9.17, 15) is 4.79 Å². The van der Waals surface area contributed by atoms with Gasteiger partial charge in [0.2, 0.25) is 0 Å². The number of pyridine rings is 1. The first-order valence-electron chi connectivity index (χ1n) is 10.5. The lowest BCUT2D eigenvalue weighted by Gasteiger charge is -2.16. The Morgan fingerprint density at radius 1 is 1.00 bits per heavy atom. The van der Waals surface area contributed by atoms with Gasteiger partial charge in [0.1, 0.15) is 5.65 Å². The Balaban J connectivity index is 1.44. The predicted molar refractivity (Wildman–Crippen MR) is 122 cm³/mol. The summed E-state index contributed by atoms with van der Waals surface area (Å²) in [7, 11) is 0. The van der Waals surface area contributed by atoms with Crippen LogP contribution in [-0.4, -0.2) is 42.1 Å². The van der Waals surface area contributed by atoms with Crippen LogP contribution in [0.1, 0.15) is 30.1 Å². The number of para-hydroxylation sites is 1. The van der Waals surface area contributed by atoms with E-state index in [1.54, 1.807) is 22.2 Å². The normalized spacial score (nSPS) is 14.5. The maximum atomic E-state index is 12.6. The maximum absolute atomic E-state index is 12.6. The Bertz CT molecular complexity index is 1260. The van der Waals surface area contributed by atoms with Crippen molar-refractivity contribution in [2.75, 3.05) is 13.1 Å². The van der Waals surface area contributed by atoms with Gasteiger partial charge in [0.25, 0.3) is 5.56 Å². The minimum Gasteiger partial charge on any atom is -0.296 e. The molecule has 7 nitrogen and oxygen atoms in total. The lowest BCUT2D eigenvalue weighted by Crippen LogP contribution is -2.21. The zero-order valence-corrected chi connectivity index (χ0v) is 18.3.